The van der Waals surface area contributed by atoms with E-state index in [1.165, 1.54) is 5.94 Å². The Kier molecular flexibility index (Phi) is 9.71. The first-order valence-corrected chi connectivity index (χ1v) is 5.32. The molecule has 0 heterocycles. The van der Waals surface area contributed by atoms with E-state index in [0.717, 1.165) is 45.3 Å². The van der Waals surface area contributed by atoms with Crippen LogP contribution in [0.25, 0.3) is 0 Å². The molecule has 0 atom stereocenters. The first-order chi connectivity index (χ1) is 6.81. The average molecular weight is 200 g/mol. The van der Waals surface area contributed by atoms with Gasteiger partial charge in [-0.15, -0.1) is 0 Å². The van der Waals surface area contributed by atoms with Crippen LogP contribution in [0.1, 0.15) is 45.4 Å². The zero-order valence-electron chi connectivity index (χ0n) is 8.92. The Hall–Kier alpha value is -0.790. The molecule has 0 saturated carbocycles. The zero-order chi connectivity index (χ0) is 10.6. The van der Waals surface area contributed by atoms with Gasteiger partial charge in [0, 0.05) is 19.6 Å². The first kappa shape index (κ1) is 13.2. The molecule has 0 amide bonds. The van der Waals surface area contributed by atoms with E-state index in [4.69, 9.17) is 9.84 Å². The van der Waals surface area contributed by atoms with Crippen LogP contribution in [0.2, 0.25) is 0 Å². The molecule has 0 spiro atoms. The summed E-state index contributed by atoms with van der Waals surface area (Å²) in [7, 11) is 0. The van der Waals surface area contributed by atoms with Gasteiger partial charge >= 0.3 is 0 Å². The average Bonchev–Trinajstić information content (AvgIpc) is 2.21. The van der Waals surface area contributed by atoms with E-state index < -0.39 is 0 Å². The predicted octanol–water partition coefficient (Wildman–Crippen LogP) is 2.64. The molecule has 0 rings (SSSR count). The lowest BCUT2D eigenvalue weighted by molar-refractivity contribution is 0.143. The normalized spacial score (nSPS) is 9.79. The second-order valence-electron chi connectivity index (χ2n) is 3.26. The number of rotatable bonds is 9. The third-order valence-corrected chi connectivity index (χ3v) is 2.02. The molecule has 0 aromatic rings. The van der Waals surface area contributed by atoms with Gasteiger partial charge in [0.05, 0.1) is 0 Å². The highest BCUT2D eigenvalue weighted by atomic mass is 16.5. The number of hydrogen-bond donors (Lipinski definition) is 1. The number of hydrogen-bond acceptors (Lipinski definition) is 3. The van der Waals surface area contributed by atoms with Crippen LogP contribution in [0.15, 0.2) is 5.76 Å². The number of unbranched alkanes of at least 4 members (excludes halogenated alkanes) is 4. The molecule has 0 aromatic heterocycles. The van der Waals surface area contributed by atoms with Crippen molar-refractivity contribution in [2.45, 2.75) is 45.4 Å². The molecule has 1 N–H and O–H groups in total. The molecule has 14 heavy (non-hydrogen) atoms. The molecule has 0 aliphatic carbocycles. The van der Waals surface area contributed by atoms with Gasteiger partial charge in [-0.05, 0) is 19.8 Å². The van der Waals surface area contributed by atoms with Gasteiger partial charge in [-0.25, -0.2) is 4.79 Å². The highest BCUT2D eigenvalue weighted by molar-refractivity contribution is 5.48. The number of carbonyl (C=O) groups excluding carboxylic acids is 1. The van der Waals surface area contributed by atoms with E-state index in [2.05, 4.69) is 0 Å². The minimum absolute atomic E-state index is 0.153. The van der Waals surface area contributed by atoms with Crippen LogP contribution in [0.5, 0.6) is 0 Å². The van der Waals surface area contributed by atoms with Crippen LogP contribution < -0.4 is 0 Å². The van der Waals surface area contributed by atoms with Gasteiger partial charge in [-0.1, -0.05) is 19.3 Å². The van der Waals surface area contributed by atoms with Gasteiger partial charge in [0.1, 0.15) is 0 Å². The van der Waals surface area contributed by atoms with Crippen molar-refractivity contribution in [3.8, 4) is 0 Å². The molecule has 0 unspecified atom stereocenters. The summed E-state index contributed by atoms with van der Waals surface area (Å²) >= 11 is 0. The molecule has 0 bridgehead atoms. The van der Waals surface area contributed by atoms with Gasteiger partial charge < -0.3 is 9.84 Å². The van der Waals surface area contributed by atoms with Crippen LogP contribution >= 0.6 is 0 Å². The van der Waals surface area contributed by atoms with Gasteiger partial charge in [0.2, 0.25) is 0 Å². The molecule has 82 valence electrons. The summed E-state index contributed by atoms with van der Waals surface area (Å²) in [6.07, 6.45) is 5.79. The maximum atomic E-state index is 9.91. The van der Waals surface area contributed by atoms with Crippen molar-refractivity contribution in [1.29, 1.82) is 0 Å². The summed E-state index contributed by atoms with van der Waals surface area (Å²) in [6.45, 7) is 3.63. The first-order valence-electron chi connectivity index (χ1n) is 5.32. The maximum Gasteiger partial charge on any atom is 0.176 e. The van der Waals surface area contributed by atoms with Crippen LogP contribution in [-0.4, -0.2) is 24.3 Å². The van der Waals surface area contributed by atoms with Crippen LogP contribution in [0.3, 0.4) is 0 Å². The van der Waals surface area contributed by atoms with Crippen molar-refractivity contribution in [3.05, 3.63) is 5.76 Å². The fourth-order valence-corrected chi connectivity index (χ4v) is 1.22. The summed E-state index contributed by atoms with van der Waals surface area (Å²) in [5.74, 6) is 1.33. The Bertz CT molecular complexity index is 171. The maximum absolute atomic E-state index is 9.91. The Balaban J connectivity index is 3.03. The Morgan fingerprint density at radius 2 is 1.86 bits per heavy atom. The van der Waals surface area contributed by atoms with Gasteiger partial charge in [-0.3, -0.25) is 0 Å². The van der Waals surface area contributed by atoms with Crippen molar-refractivity contribution in [2.75, 3.05) is 13.2 Å². The number of aliphatic hydroxyl groups is 1. The van der Waals surface area contributed by atoms with Crippen molar-refractivity contribution in [2.24, 2.45) is 0 Å². The summed E-state index contributed by atoms with van der Waals surface area (Å²) in [5, 5.41) is 8.80. The smallest absolute Gasteiger partial charge is 0.176 e. The lowest BCUT2D eigenvalue weighted by Gasteiger charge is -2.01. The molecular formula is C11H20O3. The Morgan fingerprint density at radius 1 is 1.21 bits per heavy atom. The molecule has 0 aliphatic heterocycles. The molecule has 0 aliphatic rings. The molecule has 0 saturated heterocycles. The largest absolute Gasteiger partial charge is 0.502 e. The minimum Gasteiger partial charge on any atom is -0.502 e. The Morgan fingerprint density at radius 3 is 2.50 bits per heavy atom. The van der Waals surface area contributed by atoms with Crippen molar-refractivity contribution in [1.82, 2.24) is 0 Å². The Labute approximate surface area is 85.8 Å². The molecular weight excluding hydrogens is 180 g/mol. The molecule has 3 heteroatoms. The predicted molar refractivity (Wildman–Crippen MR) is 56.0 cm³/mol. The van der Waals surface area contributed by atoms with E-state index >= 15 is 0 Å². The number of allylic oxidation sites excluding steroid dienone is 1. The summed E-state index contributed by atoms with van der Waals surface area (Å²) in [6, 6.07) is 0. The fraction of sp³-hybridized carbons (Fsp3) is 0.818. The summed E-state index contributed by atoms with van der Waals surface area (Å²) in [4.78, 5) is 9.91. The molecule has 0 aromatic carbocycles. The lowest BCUT2D eigenvalue weighted by atomic mass is 10.1. The van der Waals surface area contributed by atoms with Crippen LogP contribution in [0.4, 0.5) is 0 Å². The van der Waals surface area contributed by atoms with Crippen molar-refractivity contribution < 1.29 is 14.6 Å². The summed E-state index contributed by atoms with van der Waals surface area (Å²) < 4.78 is 5.20. The third-order valence-electron chi connectivity index (χ3n) is 2.02. The van der Waals surface area contributed by atoms with E-state index in [1.54, 1.807) is 0 Å². The highest BCUT2D eigenvalue weighted by Gasteiger charge is 1.94. The lowest BCUT2D eigenvalue weighted by Crippen LogP contribution is -1.93. The van der Waals surface area contributed by atoms with E-state index in [1.807, 2.05) is 6.92 Å². The highest BCUT2D eigenvalue weighted by Crippen LogP contribution is 2.07. The molecule has 0 radical (unpaired) electrons. The fourth-order valence-electron chi connectivity index (χ4n) is 1.22. The monoisotopic (exact) mass is 200 g/mol. The quantitative estimate of drug-likeness (QED) is 0.353. The van der Waals surface area contributed by atoms with E-state index in [9.17, 15) is 4.79 Å². The minimum atomic E-state index is -0.153. The van der Waals surface area contributed by atoms with E-state index in [-0.39, 0.29) is 5.76 Å². The van der Waals surface area contributed by atoms with Gasteiger partial charge in [0.25, 0.3) is 0 Å². The third kappa shape index (κ3) is 9.30. The zero-order valence-corrected chi connectivity index (χ0v) is 8.92. The number of ether oxygens (including phenoxy) is 1. The van der Waals surface area contributed by atoms with Crippen LogP contribution in [-0.2, 0) is 9.53 Å². The standard InChI is InChI=1S/C11H20O3/c1-2-14-9-7-5-3-4-6-8-11(13)10-12/h13H,2-9H2,1H3. The molecule has 3 nitrogen and oxygen atoms in total. The topological polar surface area (TPSA) is 46.5 Å². The van der Waals surface area contributed by atoms with Crippen LogP contribution in [0, 0.1) is 0 Å². The SMILES string of the molecule is CCOCCCCCCCC(O)=C=O. The van der Waals surface area contributed by atoms with Crippen molar-refractivity contribution >= 4 is 5.94 Å². The summed E-state index contributed by atoms with van der Waals surface area (Å²) in [5.41, 5.74) is 0. The van der Waals surface area contributed by atoms with Gasteiger partial charge in [0.15, 0.2) is 11.7 Å². The van der Waals surface area contributed by atoms with Gasteiger partial charge in [-0.2, -0.15) is 0 Å². The second-order valence-corrected chi connectivity index (χ2v) is 3.26. The number of aliphatic hydroxyl groups excluding tert-OH is 1. The molecule has 0 fully saturated rings. The van der Waals surface area contributed by atoms with Crippen molar-refractivity contribution in [3.63, 3.8) is 0 Å². The van der Waals surface area contributed by atoms with E-state index in [0.29, 0.717) is 6.42 Å². The second kappa shape index (κ2) is 10.3.